The molecule has 1 saturated heterocycles. The van der Waals surface area contributed by atoms with Gasteiger partial charge in [0.1, 0.15) is 0 Å². The molecule has 19 heavy (non-hydrogen) atoms. The number of aromatic nitrogens is 2. The van der Waals surface area contributed by atoms with Crippen molar-refractivity contribution >= 4 is 0 Å². The Labute approximate surface area is 109 Å². The van der Waals surface area contributed by atoms with Crippen LogP contribution in [0.3, 0.4) is 0 Å². The van der Waals surface area contributed by atoms with Crippen LogP contribution in [0.5, 0.6) is 0 Å². The molecule has 2 heterocycles. The van der Waals surface area contributed by atoms with Crippen molar-refractivity contribution in [3.63, 3.8) is 0 Å². The second-order valence-corrected chi connectivity index (χ2v) is 5.28. The number of nitrogens with one attached hydrogen (secondary N) is 1. The van der Waals surface area contributed by atoms with E-state index in [0.29, 0.717) is 5.69 Å². The van der Waals surface area contributed by atoms with Crippen LogP contribution in [-0.2, 0) is 12.0 Å². The lowest BCUT2D eigenvalue weighted by atomic mass is 9.78. The molecule has 0 bridgehead atoms. The fraction of sp³-hybridized carbons (Fsp3) is 0.750. The fourth-order valence-electron chi connectivity index (χ4n) is 2.48. The standard InChI is InChI=1S/C12H17F4N3/c1-11(2-4-17-5-3-11)9-6-18-8-19(9)7-12(15,16)10(13)14/h6,8,10,17H,2-5,7H2,1H3. The van der Waals surface area contributed by atoms with E-state index in [0.717, 1.165) is 30.5 Å². The molecule has 1 N–H and O–H groups in total. The molecule has 1 aromatic rings. The maximum absolute atomic E-state index is 13.2. The number of piperidine rings is 1. The van der Waals surface area contributed by atoms with Crippen molar-refractivity contribution in [2.75, 3.05) is 13.1 Å². The summed E-state index contributed by atoms with van der Waals surface area (Å²) in [6, 6.07) is 0. The van der Waals surface area contributed by atoms with Crippen LogP contribution < -0.4 is 5.32 Å². The minimum absolute atomic E-state index is 0.292. The van der Waals surface area contributed by atoms with Crippen LogP contribution in [0.1, 0.15) is 25.5 Å². The van der Waals surface area contributed by atoms with E-state index in [-0.39, 0.29) is 5.41 Å². The summed E-state index contributed by atoms with van der Waals surface area (Å²) >= 11 is 0. The van der Waals surface area contributed by atoms with Crippen molar-refractivity contribution in [2.24, 2.45) is 0 Å². The largest absolute Gasteiger partial charge is 0.328 e. The minimum atomic E-state index is -4.03. The smallest absolute Gasteiger partial charge is 0.324 e. The summed E-state index contributed by atoms with van der Waals surface area (Å²) in [5.74, 6) is -4.03. The number of imidazole rings is 1. The summed E-state index contributed by atoms with van der Waals surface area (Å²) in [6.45, 7) is 2.50. The molecule has 0 radical (unpaired) electrons. The van der Waals surface area contributed by atoms with Gasteiger partial charge < -0.3 is 9.88 Å². The highest BCUT2D eigenvalue weighted by atomic mass is 19.3. The third-order valence-electron chi connectivity index (χ3n) is 3.74. The molecule has 3 nitrogen and oxygen atoms in total. The summed E-state index contributed by atoms with van der Waals surface area (Å²) in [7, 11) is 0. The van der Waals surface area contributed by atoms with Gasteiger partial charge in [-0.2, -0.15) is 8.78 Å². The highest BCUT2D eigenvalue weighted by molar-refractivity contribution is 5.15. The molecular weight excluding hydrogens is 262 g/mol. The zero-order chi connectivity index (χ0) is 14.1. The number of alkyl halides is 4. The third-order valence-corrected chi connectivity index (χ3v) is 3.74. The molecule has 0 unspecified atom stereocenters. The fourth-order valence-corrected chi connectivity index (χ4v) is 2.48. The van der Waals surface area contributed by atoms with E-state index in [1.165, 1.54) is 12.5 Å². The average molecular weight is 279 g/mol. The number of halogens is 4. The van der Waals surface area contributed by atoms with Gasteiger partial charge in [-0.3, -0.25) is 0 Å². The highest BCUT2D eigenvalue weighted by Crippen LogP contribution is 2.34. The number of rotatable bonds is 4. The topological polar surface area (TPSA) is 29.9 Å². The molecule has 1 aliphatic heterocycles. The summed E-state index contributed by atoms with van der Waals surface area (Å²) in [4.78, 5) is 3.85. The quantitative estimate of drug-likeness (QED) is 0.858. The van der Waals surface area contributed by atoms with E-state index < -0.39 is 18.9 Å². The van der Waals surface area contributed by atoms with Gasteiger partial charge in [0.05, 0.1) is 12.9 Å². The Balaban J connectivity index is 2.22. The van der Waals surface area contributed by atoms with Crippen LogP contribution in [0.2, 0.25) is 0 Å². The molecule has 1 aliphatic rings. The molecule has 0 atom stereocenters. The summed E-state index contributed by atoms with van der Waals surface area (Å²) < 4.78 is 52.1. The number of hydrogen-bond donors (Lipinski definition) is 1. The van der Waals surface area contributed by atoms with Crippen molar-refractivity contribution < 1.29 is 17.6 Å². The Bertz CT molecular complexity index is 424. The first kappa shape index (κ1) is 14.3. The Morgan fingerprint density at radius 1 is 1.42 bits per heavy atom. The summed E-state index contributed by atoms with van der Waals surface area (Å²) in [5.41, 5.74) is 0.314. The van der Waals surface area contributed by atoms with Gasteiger partial charge in [-0.1, -0.05) is 6.92 Å². The van der Waals surface area contributed by atoms with E-state index in [9.17, 15) is 17.6 Å². The van der Waals surface area contributed by atoms with Crippen molar-refractivity contribution in [2.45, 2.75) is 44.1 Å². The van der Waals surface area contributed by atoms with E-state index in [1.807, 2.05) is 6.92 Å². The second-order valence-electron chi connectivity index (χ2n) is 5.28. The van der Waals surface area contributed by atoms with E-state index in [1.54, 1.807) is 0 Å². The van der Waals surface area contributed by atoms with Crippen LogP contribution in [0.4, 0.5) is 17.6 Å². The van der Waals surface area contributed by atoms with Crippen molar-refractivity contribution in [1.82, 2.24) is 14.9 Å². The maximum Gasteiger partial charge on any atom is 0.324 e. The molecule has 7 heteroatoms. The summed E-state index contributed by atoms with van der Waals surface area (Å²) in [5, 5.41) is 3.19. The SMILES string of the molecule is CC1(c2cncn2CC(F)(F)C(F)F)CCNCC1. The highest BCUT2D eigenvalue weighted by Gasteiger charge is 2.42. The number of hydrogen-bond acceptors (Lipinski definition) is 2. The predicted molar refractivity (Wildman–Crippen MR) is 62.6 cm³/mol. The lowest BCUT2D eigenvalue weighted by Gasteiger charge is -2.35. The Hall–Kier alpha value is -1.11. The molecule has 0 aromatic carbocycles. The zero-order valence-electron chi connectivity index (χ0n) is 10.7. The van der Waals surface area contributed by atoms with E-state index in [4.69, 9.17) is 0 Å². The normalized spacial score (nSPS) is 19.9. The zero-order valence-corrected chi connectivity index (χ0v) is 10.7. The van der Waals surface area contributed by atoms with Crippen molar-refractivity contribution in [3.05, 3.63) is 18.2 Å². The molecule has 0 saturated carbocycles. The Morgan fingerprint density at radius 2 is 2.05 bits per heavy atom. The molecule has 1 aromatic heterocycles. The van der Waals surface area contributed by atoms with Gasteiger partial charge in [0.25, 0.3) is 0 Å². The Kier molecular flexibility index (Phi) is 3.85. The van der Waals surface area contributed by atoms with Crippen molar-refractivity contribution in [3.8, 4) is 0 Å². The molecule has 108 valence electrons. The molecular formula is C12H17F4N3. The maximum atomic E-state index is 13.2. The predicted octanol–water partition coefficient (Wildman–Crippen LogP) is 2.42. The van der Waals surface area contributed by atoms with Crippen molar-refractivity contribution in [1.29, 1.82) is 0 Å². The van der Waals surface area contributed by atoms with Gasteiger partial charge >= 0.3 is 12.3 Å². The van der Waals surface area contributed by atoms with E-state index >= 15 is 0 Å². The lowest BCUT2D eigenvalue weighted by Crippen LogP contribution is -2.40. The summed E-state index contributed by atoms with van der Waals surface area (Å²) in [6.07, 6.45) is 0.604. The first-order chi connectivity index (χ1) is 8.85. The van der Waals surface area contributed by atoms with Gasteiger partial charge in [0.2, 0.25) is 0 Å². The first-order valence-electron chi connectivity index (χ1n) is 6.22. The lowest BCUT2D eigenvalue weighted by molar-refractivity contribution is -0.138. The van der Waals surface area contributed by atoms with Gasteiger partial charge in [-0.05, 0) is 25.9 Å². The molecule has 0 spiro atoms. The van der Waals surface area contributed by atoms with Gasteiger partial charge in [-0.25, -0.2) is 13.8 Å². The first-order valence-corrected chi connectivity index (χ1v) is 6.22. The third kappa shape index (κ3) is 2.91. The monoisotopic (exact) mass is 279 g/mol. The van der Waals surface area contributed by atoms with Gasteiger partial charge in [0, 0.05) is 17.3 Å². The van der Waals surface area contributed by atoms with Crippen LogP contribution in [0.25, 0.3) is 0 Å². The van der Waals surface area contributed by atoms with Crippen LogP contribution in [0.15, 0.2) is 12.5 Å². The van der Waals surface area contributed by atoms with Gasteiger partial charge in [0.15, 0.2) is 0 Å². The second kappa shape index (κ2) is 5.11. The van der Waals surface area contributed by atoms with Crippen LogP contribution in [0, 0.1) is 0 Å². The number of nitrogens with zero attached hydrogens (tertiary/aromatic N) is 2. The molecule has 0 aliphatic carbocycles. The van der Waals surface area contributed by atoms with Gasteiger partial charge in [-0.15, -0.1) is 0 Å². The molecule has 1 fully saturated rings. The van der Waals surface area contributed by atoms with Crippen LogP contribution >= 0.6 is 0 Å². The van der Waals surface area contributed by atoms with E-state index in [2.05, 4.69) is 10.3 Å². The average Bonchev–Trinajstić information content (AvgIpc) is 2.78. The Morgan fingerprint density at radius 3 is 2.63 bits per heavy atom. The molecule has 2 rings (SSSR count). The van der Waals surface area contributed by atoms with Crippen LogP contribution in [-0.4, -0.2) is 35.0 Å². The molecule has 0 amide bonds. The minimum Gasteiger partial charge on any atom is -0.328 e.